The van der Waals surface area contributed by atoms with Crippen LogP contribution in [0.25, 0.3) is 0 Å². The first-order valence-corrected chi connectivity index (χ1v) is 8.59. The van der Waals surface area contributed by atoms with Gasteiger partial charge in [-0.05, 0) is 31.9 Å². The normalized spacial score (nSPS) is 11.9. The Labute approximate surface area is 138 Å². The van der Waals surface area contributed by atoms with E-state index in [0.717, 1.165) is 19.3 Å². The second-order valence-corrected chi connectivity index (χ2v) is 5.98. The van der Waals surface area contributed by atoms with Crippen LogP contribution in [-0.2, 0) is 4.74 Å². The topological polar surface area (TPSA) is 63.6 Å². The Morgan fingerprint density at radius 2 is 1.57 bits per heavy atom. The van der Waals surface area contributed by atoms with Crippen LogP contribution in [0.15, 0.2) is 24.3 Å². The molecule has 1 aromatic carbocycles. The number of ether oxygens (including phenoxy) is 1. The molecule has 0 spiro atoms. The summed E-state index contributed by atoms with van der Waals surface area (Å²) in [7, 11) is 0. The van der Waals surface area contributed by atoms with E-state index < -0.39 is 11.9 Å². The van der Waals surface area contributed by atoms with Gasteiger partial charge in [0.1, 0.15) is 0 Å². The molecule has 0 aromatic heterocycles. The number of carbonyl (C=O) groups is 2. The lowest BCUT2D eigenvalue weighted by atomic mass is 10.1. The van der Waals surface area contributed by atoms with Gasteiger partial charge in [-0.1, -0.05) is 57.6 Å². The van der Waals surface area contributed by atoms with Crippen molar-refractivity contribution in [3.8, 4) is 0 Å². The van der Waals surface area contributed by atoms with Crippen molar-refractivity contribution in [1.82, 2.24) is 0 Å². The molecule has 1 rings (SSSR count). The third-order valence-electron chi connectivity index (χ3n) is 3.90. The zero-order valence-electron chi connectivity index (χ0n) is 14.2. The summed E-state index contributed by atoms with van der Waals surface area (Å²) in [5.41, 5.74) is 0.104. The summed E-state index contributed by atoms with van der Waals surface area (Å²) in [4.78, 5) is 23.2. The van der Waals surface area contributed by atoms with E-state index in [9.17, 15) is 9.59 Å². The van der Waals surface area contributed by atoms with E-state index >= 15 is 0 Å². The standard InChI is InChI=1S/C19H28O4/c1-3-4-5-6-7-8-9-12-15(2)23-19(22)17-14-11-10-13-16(17)18(20)21/h10-11,13-15H,3-9,12H2,1-2H3,(H,20,21)/t15-/m1/s1. The fourth-order valence-corrected chi connectivity index (χ4v) is 2.54. The summed E-state index contributed by atoms with van der Waals surface area (Å²) in [6.45, 7) is 4.07. The summed E-state index contributed by atoms with van der Waals surface area (Å²) in [6, 6.07) is 6.15. The highest BCUT2D eigenvalue weighted by atomic mass is 16.5. The van der Waals surface area contributed by atoms with Gasteiger partial charge in [0, 0.05) is 0 Å². The largest absolute Gasteiger partial charge is 0.478 e. The molecule has 0 bridgehead atoms. The number of benzene rings is 1. The van der Waals surface area contributed by atoms with E-state index in [1.54, 1.807) is 12.1 Å². The molecule has 0 radical (unpaired) electrons. The van der Waals surface area contributed by atoms with E-state index in [2.05, 4.69) is 6.92 Å². The minimum Gasteiger partial charge on any atom is -0.478 e. The maximum atomic E-state index is 12.1. The van der Waals surface area contributed by atoms with Crippen molar-refractivity contribution < 1.29 is 19.4 Å². The molecule has 0 aliphatic rings. The van der Waals surface area contributed by atoms with Gasteiger partial charge in [0.05, 0.1) is 17.2 Å². The highest BCUT2D eigenvalue weighted by molar-refractivity contribution is 6.02. The molecular weight excluding hydrogens is 292 g/mol. The number of hydrogen-bond donors (Lipinski definition) is 1. The van der Waals surface area contributed by atoms with Gasteiger partial charge in [-0.2, -0.15) is 0 Å². The van der Waals surface area contributed by atoms with Gasteiger partial charge in [-0.3, -0.25) is 0 Å². The smallest absolute Gasteiger partial charge is 0.339 e. The second kappa shape index (κ2) is 10.8. The van der Waals surface area contributed by atoms with Crippen LogP contribution in [0.2, 0.25) is 0 Å². The van der Waals surface area contributed by atoms with Gasteiger partial charge in [0.15, 0.2) is 0 Å². The van der Waals surface area contributed by atoms with Crippen molar-refractivity contribution in [3.05, 3.63) is 35.4 Å². The molecule has 0 saturated carbocycles. The Balaban J connectivity index is 2.33. The number of carboxylic acid groups (broad SMARTS) is 1. The Morgan fingerprint density at radius 3 is 2.17 bits per heavy atom. The Hall–Kier alpha value is -1.84. The maximum Gasteiger partial charge on any atom is 0.339 e. The minimum atomic E-state index is -1.11. The minimum absolute atomic E-state index is 0.0133. The summed E-state index contributed by atoms with van der Waals surface area (Å²) < 4.78 is 5.37. The SMILES string of the molecule is CCCCCCCCC[C@@H](C)OC(=O)c1ccccc1C(=O)O. The van der Waals surface area contributed by atoms with E-state index in [1.807, 2.05) is 6.92 Å². The van der Waals surface area contributed by atoms with Gasteiger partial charge in [0.25, 0.3) is 0 Å². The molecule has 0 fully saturated rings. The van der Waals surface area contributed by atoms with Gasteiger partial charge in [0.2, 0.25) is 0 Å². The van der Waals surface area contributed by atoms with Crippen LogP contribution in [0.5, 0.6) is 0 Å². The predicted molar refractivity (Wildman–Crippen MR) is 90.9 cm³/mol. The summed E-state index contributed by atoms with van der Waals surface area (Å²) in [6.07, 6.45) is 9.15. The van der Waals surface area contributed by atoms with Crippen LogP contribution >= 0.6 is 0 Å². The average Bonchev–Trinajstić information content (AvgIpc) is 2.53. The van der Waals surface area contributed by atoms with Crippen molar-refractivity contribution in [2.24, 2.45) is 0 Å². The van der Waals surface area contributed by atoms with Crippen molar-refractivity contribution in [2.45, 2.75) is 71.3 Å². The molecule has 1 aromatic rings. The van der Waals surface area contributed by atoms with Crippen molar-refractivity contribution in [3.63, 3.8) is 0 Å². The number of esters is 1. The number of unbranched alkanes of at least 4 members (excludes halogenated alkanes) is 6. The highest BCUT2D eigenvalue weighted by Gasteiger charge is 2.18. The fraction of sp³-hybridized carbons (Fsp3) is 0.579. The van der Waals surface area contributed by atoms with E-state index in [0.29, 0.717) is 0 Å². The van der Waals surface area contributed by atoms with Gasteiger partial charge in [-0.15, -0.1) is 0 Å². The van der Waals surface area contributed by atoms with Crippen molar-refractivity contribution >= 4 is 11.9 Å². The third-order valence-corrected chi connectivity index (χ3v) is 3.90. The number of carboxylic acids is 1. The summed E-state index contributed by atoms with van der Waals surface area (Å²) in [5.74, 6) is -1.67. The molecule has 4 nitrogen and oxygen atoms in total. The quantitative estimate of drug-likeness (QED) is 0.456. The monoisotopic (exact) mass is 320 g/mol. The molecule has 23 heavy (non-hydrogen) atoms. The van der Waals surface area contributed by atoms with E-state index in [-0.39, 0.29) is 17.2 Å². The maximum absolute atomic E-state index is 12.1. The summed E-state index contributed by atoms with van der Waals surface area (Å²) >= 11 is 0. The molecule has 0 heterocycles. The summed E-state index contributed by atoms with van der Waals surface area (Å²) in [5, 5.41) is 9.10. The van der Waals surface area contributed by atoms with Gasteiger partial charge in [-0.25, -0.2) is 9.59 Å². The van der Waals surface area contributed by atoms with Gasteiger partial charge < -0.3 is 9.84 Å². The first kappa shape index (κ1) is 19.2. The Bertz CT molecular complexity index is 496. The number of carbonyl (C=O) groups excluding carboxylic acids is 1. The van der Waals surface area contributed by atoms with E-state index in [4.69, 9.17) is 9.84 Å². The van der Waals surface area contributed by atoms with Crippen LogP contribution in [0.4, 0.5) is 0 Å². The van der Waals surface area contributed by atoms with Crippen LogP contribution in [0, 0.1) is 0 Å². The van der Waals surface area contributed by atoms with Crippen LogP contribution in [0.3, 0.4) is 0 Å². The van der Waals surface area contributed by atoms with Crippen molar-refractivity contribution in [2.75, 3.05) is 0 Å². The molecule has 128 valence electrons. The second-order valence-electron chi connectivity index (χ2n) is 5.98. The average molecular weight is 320 g/mol. The van der Waals surface area contributed by atoms with Crippen LogP contribution in [0.1, 0.15) is 85.9 Å². The fourth-order valence-electron chi connectivity index (χ4n) is 2.54. The number of hydrogen-bond acceptors (Lipinski definition) is 3. The Kier molecular flexibility index (Phi) is 9.03. The molecule has 0 unspecified atom stereocenters. The van der Waals surface area contributed by atoms with Crippen LogP contribution < -0.4 is 0 Å². The predicted octanol–water partition coefficient (Wildman–Crippen LogP) is 5.07. The molecule has 1 N–H and O–H groups in total. The lowest BCUT2D eigenvalue weighted by Crippen LogP contribution is -2.17. The molecule has 4 heteroatoms. The first-order chi connectivity index (χ1) is 11.1. The highest BCUT2D eigenvalue weighted by Crippen LogP contribution is 2.15. The lowest BCUT2D eigenvalue weighted by molar-refractivity contribution is 0.0313. The first-order valence-electron chi connectivity index (χ1n) is 8.59. The zero-order chi connectivity index (χ0) is 17.1. The van der Waals surface area contributed by atoms with Gasteiger partial charge >= 0.3 is 11.9 Å². The molecular formula is C19H28O4. The number of aromatic carboxylic acids is 1. The molecule has 0 amide bonds. The molecule has 1 atom stereocenters. The van der Waals surface area contributed by atoms with Crippen molar-refractivity contribution in [1.29, 1.82) is 0 Å². The van der Waals surface area contributed by atoms with E-state index in [1.165, 1.54) is 44.2 Å². The molecule has 0 saturated heterocycles. The zero-order valence-corrected chi connectivity index (χ0v) is 14.2. The lowest BCUT2D eigenvalue weighted by Gasteiger charge is -2.14. The molecule has 0 aliphatic heterocycles. The number of rotatable bonds is 11. The Morgan fingerprint density at radius 1 is 1.00 bits per heavy atom. The molecule has 0 aliphatic carbocycles. The third kappa shape index (κ3) is 7.31. The van der Waals surface area contributed by atoms with Crippen LogP contribution in [-0.4, -0.2) is 23.1 Å².